The van der Waals surface area contributed by atoms with Gasteiger partial charge in [-0.3, -0.25) is 9.69 Å². The van der Waals surface area contributed by atoms with Crippen LogP contribution in [0.4, 0.5) is 4.39 Å². The van der Waals surface area contributed by atoms with Crippen molar-refractivity contribution < 1.29 is 18.7 Å². The molecule has 0 N–H and O–H groups in total. The number of hydrogen-bond acceptors (Lipinski definition) is 5. The van der Waals surface area contributed by atoms with E-state index in [1.165, 1.54) is 17.8 Å². The highest BCUT2D eigenvalue weighted by Gasteiger charge is 2.36. The molecule has 0 radical (unpaired) electrons. The molecule has 4 nitrogen and oxygen atoms in total. The molecule has 0 saturated carbocycles. The van der Waals surface area contributed by atoms with Crippen molar-refractivity contribution in [3.8, 4) is 5.75 Å². The Bertz CT molecular complexity index is 830. The van der Waals surface area contributed by atoms with Crippen LogP contribution in [0.1, 0.15) is 11.1 Å². The van der Waals surface area contributed by atoms with Gasteiger partial charge >= 0.3 is 0 Å². The van der Waals surface area contributed by atoms with E-state index in [-0.39, 0.29) is 23.6 Å². The van der Waals surface area contributed by atoms with E-state index in [1.807, 2.05) is 24.3 Å². The summed E-state index contributed by atoms with van der Waals surface area (Å²) in [6.45, 7) is 1.04. The summed E-state index contributed by atoms with van der Waals surface area (Å²) in [6.07, 6.45) is 0.501. The Morgan fingerprint density at radius 1 is 1.15 bits per heavy atom. The summed E-state index contributed by atoms with van der Waals surface area (Å²) in [5, 5.41) is -0.285. The first-order valence-corrected chi connectivity index (χ1v) is 9.84. The van der Waals surface area contributed by atoms with E-state index in [9.17, 15) is 9.18 Å². The Balaban J connectivity index is 1.68. The molecular weight excluding hydrogens is 385 g/mol. The molecule has 7 heteroatoms. The van der Waals surface area contributed by atoms with Gasteiger partial charge in [-0.05, 0) is 24.1 Å². The third-order valence-corrected chi connectivity index (χ3v) is 5.83. The SMILES string of the molecule is COCCN1C(=O)[C@H](Cc2ccccc2OCc2ccccc2F)SC1=S. The molecule has 1 fully saturated rings. The average Bonchev–Trinajstić information content (AvgIpc) is 2.93. The van der Waals surface area contributed by atoms with E-state index >= 15 is 0 Å². The van der Waals surface area contributed by atoms with Crippen molar-refractivity contribution in [1.82, 2.24) is 4.90 Å². The van der Waals surface area contributed by atoms with E-state index in [0.29, 0.717) is 35.2 Å². The minimum absolute atomic E-state index is 0.00837. The molecule has 1 heterocycles. The Labute approximate surface area is 167 Å². The predicted molar refractivity (Wildman–Crippen MR) is 108 cm³/mol. The highest BCUT2D eigenvalue weighted by molar-refractivity contribution is 8.24. The fourth-order valence-electron chi connectivity index (χ4n) is 2.80. The van der Waals surface area contributed by atoms with Gasteiger partial charge in [0.05, 0.1) is 18.4 Å². The smallest absolute Gasteiger partial charge is 0.242 e. The molecule has 0 spiro atoms. The second kappa shape index (κ2) is 9.30. The van der Waals surface area contributed by atoms with Gasteiger partial charge in [-0.1, -0.05) is 60.4 Å². The first-order chi connectivity index (χ1) is 13.1. The third-order valence-electron chi connectivity index (χ3n) is 4.24. The number of methoxy groups -OCH3 is 1. The number of thiocarbonyl (C=S) groups is 1. The number of carbonyl (C=O) groups is 1. The van der Waals surface area contributed by atoms with Gasteiger partial charge in [-0.15, -0.1) is 0 Å². The largest absolute Gasteiger partial charge is 0.489 e. The molecule has 27 heavy (non-hydrogen) atoms. The Hall–Kier alpha value is -1.96. The molecule has 0 aliphatic carbocycles. The standard InChI is InChI=1S/C20H20FNO3S2/c1-24-11-10-22-19(23)18(27-20(22)26)12-14-6-3-5-9-17(14)25-13-15-7-2-4-8-16(15)21/h2-9,18H,10-13H2,1H3/t18-/m0/s1. The molecule has 0 unspecified atom stereocenters. The number of ether oxygens (including phenoxy) is 2. The lowest BCUT2D eigenvalue weighted by molar-refractivity contribution is -0.126. The van der Waals surface area contributed by atoms with Gasteiger partial charge in [-0.25, -0.2) is 4.39 Å². The van der Waals surface area contributed by atoms with Crippen molar-refractivity contribution in [2.75, 3.05) is 20.3 Å². The van der Waals surface area contributed by atoms with E-state index in [0.717, 1.165) is 5.56 Å². The third kappa shape index (κ3) is 4.86. The Morgan fingerprint density at radius 2 is 1.85 bits per heavy atom. The number of para-hydroxylation sites is 1. The van der Waals surface area contributed by atoms with Crippen LogP contribution in [0.2, 0.25) is 0 Å². The van der Waals surface area contributed by atoms with Gasteiger partial charge in [-0.2, -0.15) is 0 Å². The van der Waals surface area contributed by atoms with Crippen LogP contribution in [0.5, 0.6) is 5.75 Å². The lowest BCUT2D eigenvalue weighted by atomic mass is 10.1. The number of benzene rings is 2. The quantitative estimate of drug-likeness (QED) is 0.625. The highest BCUT2D eigenvalue weighted by Crippen LogP contribution is 2.32. The molecule has 3 rings (SSSR count). The minimum atomic E-state index is -0.296. The number of nitrogens with zero attached hydrogens (tertiary/aromatic N) is 1. The first-order valence-electron chi connectivity index (χ1n) is 8.55. The Kier molecular flexibility index (Phi) is 6.82. The molecule has 0 aromatic heterocycles. The lowest BCUT2D eigenvalue weighted by Gasteiger charge is -2.16. The molecule has 1 amide bonds. The zero-order valence-corrected chi connectivity index (χ0v) is 16.5. The molecule has 1 saturated heterocycles. The second-order valence-corrected chi connectivity index (χ2v) is 7.88. The van der Waals surface area contributed by atoms with E-state index in [1.54, 1.807) is 30.2 Å². The molecule has 0 bridgehead atoms. The minimum Gasteiger partial charge on any atom is -0.489 e. The molecule has 1 atom stereocenters. The van der Waals surface area contributed by atoms with Gasteiger partial charge < -0.3 is 9.47 Å². The van der Waals surface area contributed by atoms with E-state index < -0.39 is 0 Å². The van der Waals surface area contributed by atoms with Crippen LogP contribution in [0.15, 0.2) is 48.5 Å². The van der Waals surface area contributed by atoms with Crippen LogP contribution < -0.4 is 4.74 Å². The lowest BCUT2D eigenvalue weighted by Crippen LogP contribution is -2.34. The number of carbonyl (C=O) groups excluding carboxylic acids is 1. The highest BCUT2D eigenvalue weighted by atomic mass is 32.2. The van der Waals surface area contributed by atoms with Crippen LogP contribution in [0.3, 0.4) is 0 Å². The maximum atomic E-state index is 13.8. The molecule has 2 aromatic carbocycles. The predicted octanol–water partition coefficient (Wildman–Crippen LogP) is 3.82. The van der Waals surface area contributed by atoms with Gasteiger partial charge in [0.2, 0.25) is 5.91 Å². The monoisotopic (exact) mass is 405 g/mol. The molecule has 1 aliphatic rings. The topological polar surface area (TPSA) is 38.8 Å². The first kappa shape index (κ1) is 19.8. The van der Waals surface area contributed by atoms with Crippen molar-refractivity contribution in [3.05, 3.63) is 65.5 Å². The maximum Gasteiger partial charge on any atom is 0.242 e. The summed E-state index contributed by atoms with van der Waals surface area (Å²) in [5.41, 5.74) is 1.39. The van der Waals surface area contributed by atoms with Crippen molar-refractivity contribution >= 4 is 34.2 Å². The Morgan fingerprint density at radius 3 is 2.59 bits per heavy atom. The summed E-state index contributed by atoms with van der Waals surface area (Å²) < 4.78 is 25.3. The summed E-state index contributed by atoms with van der Waals surface area (Å²) in [4.78, 5) is 14.2. The fourth-order valence-corrected chi connectivity index (χ4v) is 4.37. The van der Waals surface area contributed by atoms with Crippen molar-refractivity contribution in [2.24, 2.45) is 0 Å². The van der Waals surface area contributed by atoms with Gasteiger partial charge in [0.1, 0.15) is 22.5 Å². The van der Waals surface area contributed by atoms with Crippen molar-refractivity contribution in [2.45, 2.75) is 18.3 Å². The zero-order valence-electron chi connectivity index (χ0n) is 14.9. The van der Waals surface area contributed by atoms with Gasteiger partial charge in [0, 0.05) is 12.7 Å². The average molecular weight is 406 g/mol. The van der Waals surface area contributed by atoms with Crippen LogP contribution in [0.25, 0.3) is 0 Å². The maximum absolute atomic E-state index is 13.8. The van der Waals surface area contributed by atoms with Gasteiger partial charge in [0.25, 0.3) is 0 Å². The number of rotatable bonds is 8. The summed E-state index contributed by atoms with van der Waals surface area (Å²) in [6, 6.07) is 14.0. The second-order valence-electron chi connectivity index (χ2n) is 6.05. The molecule has 1 aliphatic heterocycles. The normalized spacial score (nSPS) is 16.8. The van der Waals surface area contributed by atoms with Crippen molar-refractivity contribution in [3.63, 3.8) is 0 Å². The number of thioether (sulfide) groups is 1. The van der Waals surface area contributed by atoms with E-state index in [4.69, 9.17) is 21.7 Å². The summed E-state index contributed by atoms with van der Waals surface area (Å²) >= 11 is 6.72. The van der Waals surface area contributed by atoms with Crippen LogP contribution in [-0.4, -0.2) is 40.6 Å². The molecular formula is C20H20FNO3S2. The van der Waals surface area contributed by atoms with Crippen LogP contribution in [0, 0.1) is 5.82 Å². The fraction of sp³-hybridized carbons (Fsp3) is 0.300. The zero-order chi connectivity index (χ0) is 19.2. The number of hydrogen-bond donors (Lipinski definition) is 0. The number of amides is 1. The van der Waals surface area contributed by atoms with Crippen LogP contribution in [-0.2, 0) is 22.6 Å². The van der Waals surface area contributed by atoms with Gasteiger partial charge in [0.15, 0.2) is 0 Å². The summed E-state index contributed by atoms with van der Waals surface area (Å²) in [7, 11) is 1.59. The molecule has 142 valence electrons. The molecule has 2 aromatic rings. The number of halogens is 1. The summed E-state index contributed by atoms with van der Waals surface area (Å²) in [5.74, 6) is 0.344. The van der Waals surface area contributed by atoms with Crippen molar-refractivity contribution in [1.29, 1.82) is 0 Å². The van der Waals surface area contributed by atoms with Crippen LogP contribution >= 0.6 is 24.0 Å². The van der Waals surface area contributed by atoms with E-state index in [2.05, 4.69) is 0 Å².